The first kappa shape index (κ1) is 10.3. The molecule has 0 unspecified atom stereocenters. The van der Waals surface area contributed by atoms with Crippen LogP contribution in [0.4, 0.5) is 0 Å². The summed E-state index contributed by atoms with van der Waals surface area (Å²) in [6, 6.07) is 0. The fourth-order valence-corrected chi connectivity index (χ4v) is 5.57. The molecule has 100 valence electrons. The molecule has 1 aromatic heterocycles. The van der Waals surface area contributed by atoms with E-state index in [0.717, 1.165) is 17.7 Å². The zero-order valence-corrected chi connectivity index (χ0v) is 10.7. The molecule has 2 heterocycles. The number of tetrazole rings is 1. The lowest BCUT2D eigenvalue weighted by molar-refractivity contribution is -0.139. The van der Waals surface area contributed by atoms with Crippen molar-refractivity contribution in [2.24, 2.45) is 23.7 Å². The number of carbonyl (C=O) groups is 1. The Morgan fingerprint density at radius 1 is 1.11 bits per heavy atom. The molecule has 0 atom stereocenters. The Hall–Kier alpha value is -1.46. The van der Waals surface area contributed by atoms with Crippen molar-refractivity contribution in [2.45, 2.75) is 44.2 Å². The topological polar surface area (TPSA) is 72.7 Å². The van der Waals surface area contributed by atoms with Crippen molar-refractivity contribution in [3.63, 3.8) is 0 Å². The molecule has 0 aromatic carbocycles. The monoisotopic (exact) mass is 259 g/mol. The van der Waals surface area contributed by atoms with E-state index in [1.807, 2.05) is 0 Å². The third-order valence-electron chi connectivity index (χ3n) is 5.97. The lowest BCUT2D eigenvalue weighted by atomic mass is 9.48. The smallest absolute Gasteiger partial charge is 0.242 e. The Morgan fingerprint density at radius 3 is 2.47 bits per heavy atom. The first-order valence-corrected chi connectivity index (χ1v) is 7.33. The van der Waals surface area contributed by atoms with Gasteiger partial charge in [-0.25, -0.2) is 4.68 Å². The molecule has 1 amide bonds. The van der Waals surface area contributed by atoms with Gasteiger partial charge < -0.3 is 5.32 Å². The SMILES string of the molecule is O=C1Cn2nnnc2C2(N1)C1CC3CC(C1)CC2C3. The molecule has 1 spiro atoms. The third-order valence-corrected chi connectivity index (χ3v) is 5.97. The molecular weight excluding hydrogens is 242 g/mol. The molecule has 4 saturated carbocycles. The quantitative estimate of drug-likeness (QED) is 0.734. The number of nitrogens with zero attached hydrogens (tertiary/aromatic N) is 4. The molecule has 19 heavy (non-hydrogen) atoms. The van der Waals surface area contributed by atoms with Crippen LogP contribution < -0.4 is 5.32 Å². The van der Waals surface area contributed by atoms with Crippen molar-refractivity contribution in [3.05, 3.63) is 5.82 Å². The van der Waals surface area contributed by atoms with Gasteiger partial charge in [0.2, 0.25) is 5.91 Å². The van der Waals surface area contributed by atoms with E-state index in [4.69, 9.17) is 0 Å². The molecule has 0 saturated heterocycles. The molecule has 6 nitrogen and oxygen atoms in total. The lowest BCUT2D eigenvalue weighted by Gasteiger charge is -2.61. The van der Waals surface area contributed by atoms with E-state index in [0.29, 0.717) is 11.8 Å². The maximum Gasteiger partial charge on any atom is 0.242 e. The summed E-state index contributed by atoms with van der Waals surface area (Å²) in [7, 11) is 0. The number of fused-ring (bicyclic) bond motifs is 1. The standard InChI is InChI=1S/C13H17N5O/c19-11-6-18-12(15-16-17-18)13(14-11)9-2-7-1-8(4-9)5-10(13)3-7/h7-10H,1-6H2,(H,14,19). The van der Waals surface area contributed by atoms with Gasteiger partial charge in [-0.3, -0.25) is 4.79 Å². The van der Waals surface area contributed by atoms with Crippen LogP contribution in [0.1, 0.15) is 37.9 Å². The van der Waals surface area contributed by atoms with Gasteiger partial charge >= 0.3 is 0 Å². The third kappa shape index (κ3) is 1.13. The molecule has 4 bridgehead atoms. The van der Waals surface area contributed by atoms with E-state index in [2.05, 4.69) is 20.8 Å². The average molecular weight is 259 g/mol. The molecular formula is C13H17N5O. The summed E-state index contributed by atoms with van der Waals surface area (Å²) in [4.78, 5) is 12.1. The van der Waals surface area contributed by atoms with E-state index in [9.17, 15) is 4.79 Å². The van der Waals surface area contributed by atoms with E-state index in [-0.39, 0.29) is 18.0 Å². The first-order valence-electron chi connectivity index (χ1n) is 7.33. The van der Waals surface area contributed by atoms with Crippen LogP contribution in [0.5, 0.6) is 0 Å². The van der Waals surface area contributed by atoms with Crippen molar-refractivity contribution in [1.29, 1.82) is 0 Å². The predicted molar refractivity (Wildman–Crippen MR) is 64.7 cm³/mol. The molecule has 6 rings (SSSR count). The number of carbonyl (C=O) groups excluding carboxylic acids is 1. The zero-order chi connectivity index (χ0) is 12.6. The van der Waals surface area contributed by atoms with E-state index in [1.165, 1.54) is 32.1 Å². The van der Waals surface area contributed by atoms with Crippen LogP contribution in [0.25, 0.3) is 0 Å². The van der Waals surface area contributed by atoms with Gasteiger partial charge in [0.05, 0.1) is 0 Å². The normalized spacial score (nSPS) is 46.4. The second kappa shape index (κ2) is 3.16. The minimum absolute atomic E-state index is 0.0762. The van der Waals surface area contributed by atoms with Gasteiger partial charge in [-0.15, -0.1) is 5.10 Å². The Morgan fingerprint density at radius 2 is 1.79 bits per heavy atom. The van der Waals surface area contributed by atoms with E-state index < -0.39 is 0 Å². The highest BCUT2D eigenvalue weighted by atomic mass is 16.2. The van der Waals surface area contributed by atoms with Gasteiger partial charge in [0.1, 0.15) is 12.1 Å². The molecule has 1 aliphatic heterocycles. The summed E-state index contributed by atoms with van der Waals surface area (Å²) in [6.07, 6.45) is 6.35. The van der Waals surface area contributed by atoms with Gasteiger partial charge in [0.25, 0.3) is 0 Å². The Labute approximate surface area is 110 Å². The number of amides is 1. The molecule has 6 heteroatoms. The number of rotatable bonds is 0. The molecule has 0 radical (unpaired) electrons. The van der Waals surface area contributed by atoms with Gasteiger partial charge in [-0.2, -0.15) is 0 Å². The van der Waals surface area contributed by atoms with E-state index in [1.54, 1.807) is 4.68 Å². The van der Waals surface area contributed by atoms with Crippen molar-refractivity contribution in [1.82, 2.24) is 25.5 Å². The van der Waals surface area contributed by atoms with Crippen molar-refractivity contribution >= 4 is 5.91 Å². The van der Waals surface area contributed by atoms with Crippen LogP contribution in [0.3, 0.4) is 0 Å². The van der Waals surface area contributed by atoms with Crippen LogP contribution in [0, 0.1) is 23.7 Å². The maximum absolute atomic E-state index is 12.1. The van der Waals surface area contributed by atoms with Crippen LogP contribution in [-0.2, 0) is 16.9 Å². The summed E-state index contributed by atoms with van der Waals surface area (Å²) >= 11 is 0. The summed E-state index contributed by atoms with van der Waals surface area (Å²) < 4.78 is 1.72. The molecule has 1 aromatic rings. The summed E-state index contributed by atoms with van der Waals surface area (Å²) in [5, 5.41) is 15.4. The zero-order valence-electron chi connectivity index (χ0n) is 10.7. The second-order valence-electron chi connectivity index (χ2n) is 6.88. The highest BCUT2D eigenvalue weighted by Crippen LogP contribution is 2.61. The van der Waals surface area contributed by atoms with Crippen LogP contribution in [-0.4, -0.2) is 26.1 Å². The van der Waals surface area contributed by atoms with Crippen LogP contribution in [0.2, 0.25) is 0 Å². The fraction of sp³-hybridized carbons (Fsp3) is 0.846. The number of aromatic nitrogens is 4. The average Bonchev–Trinajstić information content (AvgIpc) is 2.83. The molecule has 4 aliphatic carbocycles. The highest BCUT2D eigenvalue weighted by molar-refractivity contribution is 5.78. The largest absolute Gasteiger partial charge is 0.341 e. The second-order valence-corrected chi connectivity index (χ2v) is 6.88. The van der Waals surface area contributed by atoms with Crippen molar-refractivity contribution in [2.75, 3.05) is 0 Å². The number of hydrogen-bond acceptors (Lipinski definition) is 4. The Bertz CT molecular complexity index is 537. The van der Waals surface area contributed by atoms with Crippen molar-refractivity contribution < 1.29 is 4.79 Å². The molecule has 5 aliphatic rings. The fourth-order valence-electron chi connectivity index (χ4n) is 5.57. The molecule has 4 fully saturated rings. The van der Waals surface area contributed by atoms with Crippen LogP contribution >= 0.6 is 0 Å². The predicted octanol–water partition coefficient (Wildman–Crippen LogP) is 0.454. The maximum atomic E-state index is 12.1. The van der Waals surface area contributed by atoms with Crippen molar-refractivity contribution in [3.8, 4) is 0 Å². The summed E-state index contributed by atoms with van der Waals surface area (Å²) in [5.74, 6) is 3.82. The minimum atomic E-state index is -0.258. The van der Waals surface area contributed by atoms with E-state index >= 15 is 0 Å². The number of hydrogen-bond donors (Lipinski definition) is 1. The summed E-state index contributed by atoms with van der Waals surface area (Å²) in [6.45, 7) is 0.274. The first-order chi connectivity index (χ1) is 9.25. The minimum Gasteiger partial charge on any atom is -0.341 e. The van der Waals surface area contributed by atoms with Gasteiger partial charge in [-0.05, 0) is 66.2 Å². The highest BCUT2D eigenvalue weighted by Gasteiger charge is 2.62. The molecule has 1 N–H and O–H groups in total. The van der Waals surface area contributed by atoms with Gasteiger partial charge in [0.15, 0.2) is 5.82 Å². The van der Waals surface area contributed by atoms with Crippen LogP contribution in [0.15, 0.2) is 0 Å². The lowest BCUT2D eigenvalue weighted by Crippen LogP contribution is -2.67. The summed E-state index contributed by atoms with van der Waals surface area (Å²) in [5.41, 5.74) is -0.258. The number of nitrogens with one attached hydrogen (secondary N) is 1. The van der Waals surface area contributed by atoms with Gasteiger partial charge in [0, 0.05) is 0 Å². The Kier molecular flexibility index (Phi) is 1.72. The van der Waals surface area contributed by atoms with Gasteiger partial charge in [-0.1, -0.05) is 0 Å². The Balaban J connectivity index is 1.70.